The Labute approximate surface area is 202 Å². The molecule has 11 heteroatoms. The average molecular weight is 520 g/mol. The summed E-state index contributed by atoms with van der Waals surface area (Å²) in [5.74, 6) is -1.39. The summed E-state index contributed by atoms with van der Waals surface area (Å²) in [7, 11) is -3.55. The molecule has 0 aliphatic heterocycles. The standard InChI is InChI=1S/C21H21Cl3N2O5S/c1-3-26(4-2)32(29,30)16-8-5-14(6-9-16)7-10-20(28)31-13-19(27)25-21-17(23)11-15(22)12-18(21)24/h5-12H,3-4,13H2,1-2H3,(H,25,27)/b10-7+. The summed E-state index contributed by atoms with van der Waals surface area (Å²) in [5, 5.41) is 3.06. The van der Waals surface area contributed by atoms with Crippen LogP contribution < -0.4 is 5.32 Å². The molecule has 0 aliphatic rings. The van der Waals surface area contributed by atoms with Crippen LogP contribution in [-0.2, 0) is 24.3 Å². The molecule has 1 N–H and O–H groups in total. The van der Waals surface area contributed by atoms with E-state index in [1.54, 1.807) is 26.0 Å². The molecule has 0 spiro atoms. The fourth-order valence-electron chi connectivity index (χ4n) is 2.65. The van der Waals surface area contributed by atoms with Crippen molar-refractivity contribution in [1.82, 2.24) is 4.31 Å². The summed E-state index contributed by atoms with van der Waals surface area (Å²) in [6.07, 6.45) is 2.57. The Morgan fingerprint density at radius 1 is 1.03 bits per heavy atom. The fraction of sp³-hybridized carbons (Fsp3) is 0.238. The minimum absolute atomic E-state index is 0.147. The third kappa shape index (κ3) is 6.95. The van der Waals surface area contributed by atoms with Gasteiger partial charge in [-0.1, -0.05) is 60.8 Å². The second-order valence-electron chi connectivity index (χ2n) is 6.39. The SMILES string of the molecule is CCN(CC)S(=O)(=O)c1ccc(/C=C/C(=O)OCC(=O)Nc2c(Cl)cc(Cl)cc2Cl)cc1. The van der Waals surface area contributed by atoms with Crippen LogP contribution in [0.1, 0.15) is 19.4 Å². The molecule has 0 aromatic heterocycles. The molecule has 2 aromatic carbocycles. The van der Waals surface area contributed by atoms with E-state index < -0.39 is 28.5 Å². The zero-order valence-corrected chi connectivity index (χ0v) is 20.4. The first-order valence-corrected chi connectivity index (χ1v) is 12.0. The molecular weight excluding hydrogens is 499 g/mol. The molecule has 0 aliphatic carbocycles. The van der Waals surface area contributed by atoms with Gasteiger partial charge in [0, 0.05) is 24.2 Å². The lowest BCUT2D eigenvalue weighted by molar-refractivity contribution is -0.142. The van der Waals surface area contributed by atoms with Crippen LogP contribution >= 0.6 is 34.8 Å². The molecule has 172 valence electrons. The Bertz CT molecular complexity index is 1090. The van der Waals surface area contributed by atoms with Crippen molar-refractivity contribution in [3.05, 3.63) is 63.1 Å². The van der Waals surface area contributed by atoms with Crippen LogP contribution in [0.25, 0.3) is 6.08 Å². The summed E-state index contributed by atoms with van der Waals surface area (Å²) in [4.78, 5) is 24.0. The summed E-state index contributed by atoms with van der Waals surface area (Å²) in [5.41, 5.74) is 0.749. The summed E-state index contributed by atoms with van der Waals surface area (Å²) < 4.78 is 31.2. The third-order valence-electron chi connectivity index (χ3n) is 4.25. The molecule has 0 radical (unpaired) electrons. The van der Waals surface area contributed by atoms with Gasteiger partial charge in [0.2, 0.25) is 10.0 Å². The van der Waals surface area contributed by atoms with E-state index in [4.69, 9.17) is 39.5 Å². The van der Waals surface area contributed by atoms with Gasteiger partial charge >= 0.3 is 5.97 Å². The molecule has 0 bridgehead atoms. The Morgan fingerprint density at radius 2 is 1.59 bits per heavy atom. The lowest BCUT2D eigenvalue weighted by Crippen LogP contribution is -2.30. The average Bonchev–Trinajstić information content (AvgIpc) is 2.74. The van der Waals surface area contributed by atoms with E-state index in [1.165, 1.54) is 34.6 Å². The number of ether oxygens (including phenoxy) is 1. The smallest absolute Gasteiger partial charge is 0.331 e. The van der Waals surface area contributed by atoms with E-state index in [-0.39, 0.29) is 20.6 Å². The Hall–Kier alpha value is -2.10. The van der Waals surface area contributed by atoms with Crippen molar-refractivity contribution in [3.63, 3.8) is 0 Å². The molecule has 0 saturated heterocycles. The maximum atomic E-state index is 12.5. The lowest BCUT2D eigenvalue weighted by atomic mass is 10.2. The lowest BCUT2D eigenvalue weighted by Gasteiger charge is -2.18. The highest BCUT2D eigenvalue weighted by Gasteiger charge is 2.21. The highest BCUT2D eigenvalue weighted by atomic mass is 35.5. The van der Waals surface area contributed by atoms with E-state index in [2.05, 4.69) is 5.32 Å². The van der Waals surface area contributed by atoms with Crippen LogP contribution in [-0.4, -0.2) is 44.3 Å². The van der Waals surface area contributed by atoms with Crippen molar-refractivity contribution in [2.45, 2.75) is 18.7 Å². The number of carbonyl (C=O) groups is 2. The zero-order valence-electron chi connectivity index (χ0n) is 17.3. The number of carbonyl (C=O) groups excluding carboxylic acids is 2. The fourth-order valence-corrected chi connectivity index (χ4v) is 5.02. The van der Waals surface area contributed by atoms with Gasteiger partial charge in [-0.15, -0.1) is 0 Å². The van der Waals surface area contributed by atoms with E-state index in [9.17, 15) is 18.0 Å². The molecule has 7 nitrogen and oxygen atoms in total. The number of esters is 1. The Morgan fingerprint density at radius 3 is 2.12 bits per heavy atom. The molecule has 1 amide bonds. The van der Waals surface area contributed by atoms with Crippen LogP contribution in [0.5, 0.6) is 0 Å². The first kappa shape index (κ1) is 26.2. The van der Waals surface area contributed by atoms with Gasteiger partial charge in [-0.2, -0.15) is 4.31 Å². The van der Waals surface area contributed by atoms with Crippen LogP contribution in [0.2, 0.25) is 15.1 Å². The predicted molar refractivity (Wildman–Crippen MR) is 127 cm³/mol. The van der Waals surface area contributed by atoms with Gasteiger partial charge in [0.05, 0.1) is 20.6 Å². The van der Waals surface area contributed by atoms with Crippen molar-refractivity contribution in [3.8, 4) is 0 Å². The van der Waals surface area contributed by atoms with Crippen LogP contribution in [0.15, 0.2) is 47.4 Å². The summed E-state index contributed by atoms with van der Waals surface area (Å²) in [6, 6.07) is 8.89. The number of rotatable bonds is 9. The Balaban J connectivity index is 1.93. The number of amides is 1. The van der Waals surface area contributed by atoms with E-state index in [0.717, 1.165) is 6.08 Å². The summed E-state index contributed by atoms with van der Waals surface area (Å²) >= 11 is 17.8. The van der Waals surface area contributed by atoms with Crippen molar-refractivity contribution in [2.24, 2.45) is 0 Å². The van der Waals surface area contributed by atoms with Crippen LogP contribution in [0.4, 0.5) is 5.69 Å². The number of benzene rings is 2. The molecule has 32 heavy (non-hydrogen) atoms. The maximum Gasteiger partial charge on any atom is 0.331 e. The van der Waals surface area contributed by atoms with E-state index in [1.807, 2.05) is 0 Å². The predicted octanol–water partition coefficient (Wildman–Crippen LogP) is 4.87. The number of nitrogens with zero attached hydrogens (tertiary/aromatic N) is 1. The zero-order chi connectivity index (χ0) is 23.9. The van der Waals surface area contributed by atoms with Gasteiger partial charge in [-0.25, -0.2) is 13.2 Å². The second kappa shape index (κ2) is 11.7. The molecular formula is C21H21Cl3N2O5S. The van der Waals surface area contributed by atoms with Crippen molar-refractivity contribution >= 4 is 68.5 Å². The highest BCUT2D eigenvalue weighted by molar-refractivity contribution is 7.89. The minimum Gasteiger partial charge on any atom is -0.452 e. The number of nitrogens with one attached hydrogen (secondary N) is 1. The monoisotopic (exact) mass is 518 g/mol. The van der Waals surface area contributed by atoms with Crippen LogP contribution in [0, 0.1) is 0 Å². The normalized spacial score (nSPS) is 11.7. The van der Waals surface area contributed by atoms with Crippen molar-refractivity contribution in [2.75, 3.05) is 25.0 Å². The molecule has 0 atom stereocenters. The molecule has 2 aromatic rings. The van der Waals surface area contributed by atoms with E-state index in [0.29, 0.717) is 23.7 Å². The maximum absolute atomic E-state index is 12.5. The molecule has 0 unspecified atom stereocenters. The molecule has 2 rings (SSSR count). The second-order valence-corrected chi connectivity index (χ2v) is 9.58. The molecule has 0 heterocycles. The van der Waals surface area contributed by atoms with Gasteiger partial charge in [0.1, 0.15) is 0 Å². The van der Waals surface area contributed by atoms with E-state index >= 15 is 0 Å². The van der Waals surface area contributed by atoms with Crippen LogP contribution in [0.3, 0.4) is 0 Å². The number of hydrogen-bond acceptors (Lipinski definition) is 5. The Kier molecular flexibility index (Phi) is 9.54. The first-order valence-electron chi connectivity index (χ1n) is 9.47. The van der Waals surface area contributed by atoms with Crippen molar-refractivity contribution in [1.29, 1.82) is 0 Å². The van der Waals surface area contributed by atoms with Gasteiger partial charge in [0.25, 0.3) is 5.91 Å². The number of sulfonamides is 1. The third-order valence-corrected chi connectivity index (χ3v) is 7.13. The van der Waals surface area contributed by atoms with Gasteiger partial charge < -0.3 is 10.1 Å². The number of halogens is 3. The van der Waals surface area contributed by atoms with Crippen molar-refractivity contribution < 1.29 is 22.7 Å². The highest BCUT2D eigenvalue weighted by Crippen LogP contribution is 2.33. The molecule has 0 fully saturated rings. The topological polar surface area (TPSA) is 92.8 Å². The largest absolute Gasteiger partial charge is 0.452 e. The number of anilines is 1. The minimum atomic E-state index is -3.55. The summed E-state index contributed by atoms with van der Waals surface area (Å²) in [6.45, 7) is 3.72. The molecule has 0 saturated carbocycles. The van der Waals surface area contributed by atoms with Gasteiger partial charge in [-0.3, -0.25) is 4.79 Å². The number of hydrogen-bond donors (Lipinski definition) is 1. The first-order chi connectivity index (χ1) is 15.1. The van der Waals surface area contributed by atoms with Gasteiger partial charge in [0.15, 0.2) is 6.61 Å². The quantitative estimate of drug-likeness (QED) is 0.377. The van der Waals surface area contributed by atoms with Gasteiger partial charge in [-0.05, 0) is 35.9 Å².